The van der Waals surface area contributed by atoms with Crippen molar-refractivity contribution in [1.82, 2.24) is 9.88 Å². The first-order chi connectivity index (χ1) is 13.1. The number of aliphatic hydroxyl groups excluding tert-OH is 1. The number of morpholine rings is 1. The molecule has 1 amide bonds. The lowest BCUT2D eigenvalue weighted by molar-refractivity contribution is -0.0813. The van der Waals surface area contributed by atoms with Gasteiger partial charge in [-0.2, -0.15) is 0 Å². The molecule has 1 fully saturated rings. The van der Waals surface area contributed by atoms with Gasteiger partial charge in [-0.25, -0.2) is 4.98 Å². The number of aryl methyl sites for hydroxylation is 1. The number of hydrogen-bond acceptors (Lipinski definition) is 6. The molecule has 27 heavy (non-hydrogen) atoms. The smallest absolute Gasteiger partial charge is 0.273 e. The minimum Gasteiger partial charge on any atom is -0.493 e. The average molecular weight is 372 g/mol. The highest BCUT2D eigenvalue weighted by atomic mass is 16.5. The second-order valence-corrected chi connectivity index (χ2v) is 6.31. The molecule has 1 aromatic heterocycles. The van der Waals surface area contributed by atoms with Gasteiger partial charge in [-0.05, 0) is 36.8 Å². The largest absolute Gasteiger partial charge is 0.493 e. The summed E-state index contributed by atoms with van der Waals surface area (Å²) in [6.07, 6.45) is -0.536. The topological polar surface area (TPSA) is 81.1 Å². The molecule has 7 heteroatoms. The van der Waals surface area contributed by atoms with Gasteiger partial charge in [0.15, 0.2) is 11.5 Å². The first kappa shape index (κ1) is 19.1. The fourth-order valence-corrected chi connectivity index (χ4v) is 3.35. The van der Waals surface area contributed by atoms with Crippen LogP contribution < -0.4 is 9.47 Å². The van der Waals surface area contributed by atoms with E-state index in [1.165, 1.54) is 0 Å². The predicted molar refractivity (Wildman–Crippen MR) is 99.1 cm³/mol. The van der Waals surface area contributed by atoms with E-state index in [4.69, 9.17) is 14.2 Å². The van der Waals surface area contributed by atoms with Gasteiger partial charge in [-0.15, -0.1) is 0 Å². The number of nitrogens with zero attached hydrogens (tertiary/aromatic N) is 2. The molecular formula is C20H24N2O5. The van der Waals surface area contributed by atoms with Crippen LogP contribution in [0.2, 0.25) is 0 Å². The van der Waals surface area contributed by atoms with Crippen LogP contribution in [0.15, 0.2) is 36.4 Å². The molecule has 3 rings (SSSR count). The second kappa shape index (κ2) is 8.37. The van der Waals surface area contributed by atoms with Crippen LogP contribution in [-0.2, 0) is 4.74 Å². The number of rotatable bonds is 5. The highest BCUT2D eigenvalue weighted by Gasteiger charge is 2.37. The monoisotopic (exact) mass is 372 g/mol. The molecule has 0 radical (unpaired) electrons. The highest BCUT2D eigenvalue weighted by Crippen LogP contribution is 2.36. The Labute approximate surface area is 158 Å². The maximum Gasteiger partial charge on any atom is 0.273 e. The number of carbonyl (C=O) groups excluding carboxylic acids is 1. The second-order valence-electron chi connectivity index (χ2n) is 6.31. The van der Waals surface area contributed by atoms with E-state index < -0.39 is 12.1 Å². The van der Waals surface area contributed by atoms with Gasteiger partial charge in [0.1, 0.15) is 11.8 Å². The van der Waals surface area contributed by atoms with Crippen LogP contribution in [0.5, 0.6) is 11.5 Å². The number of aliphatic hydroxyl groups is 1. The lowest BCUT2D eigenvalue weighted by Crippen LogP contribution is -2.49. The fraction of sp³-hybridized carbons (Fsp3) is 0.400. The Kier molecular flexibility index (Phi) is 5.93. The first-order valence-corrected chi connectivity index (χ1v) is 8.78. The van der Waals surface area contributed by atoms with E-state index >= 15 is 0 Å². The lowest BCUT2D eigenvalue weighted by Gasteiger charge is -2.40. The average Bonchev–Trinajstić information content (AvgIpc) is 2.72. The van der Waals surface area contributed by atoms with Crippen LogP contribution in [0.25, 0.3) is 0 Å². The molecule has 0 unspecified atom stereocenters. The summed E-state index contributed by atoms with van der Waals surface area (Å²) >= 11 is 0. The van der Waals surface area contributed by atoms with E-state index in [9.17, 15) is 9.90 Å². The SMILES string of the molecule is COc1ccc([C@@H]2[C@@H](CO)OCCN2C(=O)c2cccc(C)n2)cc1OC. The summed E-state index contributed by atoms with van der Waals surface area (Å²) in [6, 6.07) is 10.3. The third kappa shape index (κ3) is 3.89. The Morgan fingerprint density at radius 3 is 2.70 bits per heavy atom. The van der Waals surface area contributed by atoms with Crippen molar-refractivity contribution in [2.75, 3.05) is 34.0 Å². The Morgan fingerprint density at radius 2 is 2.04 bits per heavy atom. The fourth-order valence-electron chi connectivity index (χ4n) is 3.35. The maximum absolute atomic E-state index is 13.1. The summed E-state index contributed by atoms with van der Waals surface area (Å²) in [6.45, 7) is 2.40. The van der Waals surface area contributed by atoms with Gasteiger partial charge in [0, 0.05) is 12.2 Å². The minimum atomic E-state index is -0.536. The van der Waals surface area contributed by atoms with Crippen LogP contribution in [0, 0.1) is 6.92 Å². The van der Waals surface area contributed by atoms with Crippen LogP contribution in [0.1, 0.15) is 27.8 Å². The van der Waals surface area contributed by atoms with Crippen molar-refractivity contribution < 1.29 is 24.1 Å². The number of methoxy groups -OCH3 is 2. The van der Waals surface area contributed by atoms with E-state index in [1.807, 2.05) is 31.2 Å². The number of amides is 1. The van der Waals surface area contributed by atoms with Crippen molar-refractivity contribution in [1.29, 1.82) is 0 Å². The molecule has 2 atom stereocenters. The van der Waals surface area contributed by atoms with Crippen molar-refractivity contribution in [3.8, 4) is 11.5 Å². The van der Waals surface area contributed by atoms with E-state index in [1.54, 1.807) is 31.3 Å². The molecule has 0 aliphatic carbocycles. The van der Waals surface area contributed by atoms with Crippen molar-refractivity contribution in [2.24, 2.45) is 0 Å². The number of benzene rings is 1. The zero-order valence-electron chi connectivity index (χ0n) is 15.7. The molecular weight excluding hydrogens is 348 g/mol. The van der Waals surface area contributed by atoms with Gasteiger partial charge in [-0.1, -0.05) is 12.1 Å². The van der Waals surface area contributed by atoms with Gasteiger partial charge < -0.3 is 24.2 Å². The van der Waals surface area contributed by atoms with Crippen LogP contribution in [0.4, 0.5) is 0 Å². The molecule has 1 aliphatic heterocycles. The van der Waals surface area contributed by atoms with E-state index in [0.717, 1.165) is 11.3 Å². The molecule has 1 aromatic carbocycles. The molecule has 2 aromatic rings. The Hall–Kier alpha value is -2.64. The van der Waals surface area contributed by atoms with Crippen LogP contribution in [-0.4, -0.2) is 61.0 Å². The van der Waals surface area contributed by atoms with E-state index in [2.05, 4.69) is 4.98 Å². The Balaban J connectivity index is 2.00. The zero-order valence-corrected chi connectivity index (χ0v) is 15.7. The molecule has 144 valence electrons. The van der Waals surface area contributed by atoms with Crippen LogP contribution >= 0.6 is 0 Å². The van der Waals surface area contributed by atoms with Gasteiger partial charge in [-0.3, -0.25) is 4.79 Å². The molecule has 0 saturated carbocycles. The van der Waals surface area contributed by atoms with Crippen molar-refractivity contribution in [3.63, 3.8) is 0 Å². The van der Waals surface area contributed by atoms with Gasteiger partial charge in [0.05, 0.1) is 33.5 Å². The number of hydrogen-bond donors (Lipinski definition) is 1. The van der Waals surface area contributed by atoms with Gasteiger partial charge in [0.2, 0.25) is 0 Å². The number of carbonyl (C=O) groups is 1. The Bertz CT molecular complexity index is 811. The van der Waals surface area contributed by atoms with Crippen molar-refractivity contribution in [3.05, 3.63) is 53.3 Å². The Morgan fingerprint density at radius 1 is 1.26 bits per heavy atom. The van der Waals surface area contributed by atoms with E-state index in [0.29, 0.717) is 30.3 Å². The summed E-state index contributed by atoms with van der Waals surface area (Å²) in [5.74, 6) is 0.954. The summed E-state index contributed by atoms with van der Waals surface area (Å²) < 4.78 is 16.4. The summed E-state index contributed by atoms with van der Waals surface area (Å²) in [4.78, 5) is 19.2. The summed E-state index contributed by atoms with van der Waals surface area (Å²) in [7, 11) is 3.12. The third-order valence-electron chi connectivity index (χ3n) is 4.65. The number of pyridine rings is 1. The van der Waals surface area contributed by atoms with Gasteiger partial charge in [0.25, 0.3) is 5.91 Å². The molecule has 1 aliphatic rings. The molecule has 0 bridgehead atoms. The molecule has 0 spiro atoms. The molecule has 2 heterocycles. The third-order valence-corrected chi connectivity index (χ3v) is 4.65. The molecule has 1 N–H and O–H groups in total. The maximum atomic E-state index is 13.1. The quantitative estimate of drug-likeness (QED) is 0.864. The predicted octanol–water partition coefficient (Wildman–Crippen LogP) is 1.98. The number of ether oxygens (including phenoxy) is 3. The summed E-state index contributed by atoms with van der Waals surface area (Å²) in [5.41, 5.74) is 1.95. The van der Waals surface area contributed by atoms with Crippen molar-refractivity contribution in [2.45, 2.75) is 19.1 Å². The molecule has 1 saturated heterocycles. The standard InChI is InChI=1S/C20H24N2O5/c1-13-5-4-6-15(21-13)20(24)22-9-10-27-18(12-23)19(22)14-7-8-16(25-2)17(11-14)26-3/h4-8,11,18-19,23H,9-10,12H2,1-3H3/t18-,19-/m1/s1. The summed E-state index contributed by atoms with van der Waals surface area (Å²) in [5, 5.41) is 9.83. The minimum absolute atomic E-state index is 0.194. The first-order valence-electron chi connectivity index (χ1n) is 8.78. The van der Waals surface area contributed by atoms with E-state index in [-0.39, 0.29) is 12.5 Å². The lowest BCUT2D eigenvalue weighted by atomic mass is 9.97. The van der Waals surface area contributed by atoms with Gasteiger partial charge >= 0.3 is 0 Å². The normalized spacial score (nSPS) is 19.6. The zero-order chi connectivity index (χ0) is 19.4. The van der Waals surface area contributed by atoms with Crippen molar-refractivity contribution >= 4 is 5.91 Å². The number of aromatic nitrogens is 1. The molecule has 7 nitrogen and oxygen atoms in total. The highest BCUT2D eigenvalue weighted by molar-refractivity contribution is 5.92. The van der Waals surface area contributed by atoms with Crippen LogP contribution in [0.3, 0.4) is 0 Å².